The summed E-state index contributed by atoms with van der Waals surface area (Å²) in [5.41, 5.74) is 3.07. The molecule has 2 amide bonds. The number of nitriles is 1. The van der Waals surface area contributed by atoms with E-state index in [0.717, 1.165) is 29.7 Å². The molecule has 1 saturated heterocycles. The van der Waals surface area contributed by atoms with Gasteiger partial charge in [-0.25, -0.2) is 4.79 Å². The fourth-order valence-corrected chi connectivity index (χ4v) is 4.74. The van der Waals surface area contributed by atoms with Crippen molar-refractivity contribution in [2.45, 2.75) is 51.1 Å². The molecule has 33 heavy (non-hydrogen) atoms. The second kappa shape index (κ2) is 10.9. The van der Waals surface area contributed by atoms with Crippen LogP contribution in [-0.4, -0.2) is 47.5 Å². The van der Waals surface area contributed by atoms with Gasteiger partial charge in [-0.1, -0.05) is 67.8 Å². The number of amides is 2. The van der Waals surface area contributed by atoms with E-state index in [-0.39, 0.29) is 18.1 Å². The lowest BCUT2D eigenvalue weighted by Crippen LogP contribution is -2.57. The topological polar surface area (TPSA) is 83.8 Å². The summed E-state index contributed by atoms with van der Waals surface area (Å²) < 4.78 is 0. The van der Waals surface area contributed by atoms with E-state index in [1.165, 1.54) is 19.3 Å². The number of para-hydroxylation sites is 1. The van der Waals surface area contributed by atoms with Crippen LogP contribution in [0.4, 0.5) is 10.5 Å². The Bertz CT molecular complexity index is 1010. The molecule has 0 radical (unpaired) electrons. The van der Waals surface area contributed by atoms with Crippen molar-refractivity contribution in [3.05, 3.63) is 65.7 Å². The van der Waals surface area contributed by atoms with Crippen LogP contribution in [0.1, 0.15) is 49.3 Å². The van der Waals surface area contributed by atoms with Gasteiger partial charge in [0.2, 0.25) is 12.2 Å². The van der Waals surface area contributed by atoms with Gasteiger partial charge in [-0.3, -0.25) is 0 Å². The number of nitrogens with zero attached hydrogens (tertiary/aromatic N) is 4. The van der Waals surface area contributed by atoms with Crippen LogP contribution in [0, 0.1) is 18.4 Å². The Morgan fingerprint density at radius 2 is 1.76 bits per heavy atom. The van der Waals surface area contributed by atoms with E-state index in [4.69, 9.17) is 0 Å². The highest BCUT2D eigenvalue weighted by molar-refractivity contribution is 5.95. The van der Waals surface area contributed by atoms with Crippen molar-refractivity contribution in [3.63, 3.8) is 0 Å². The number of guanidine groups is 1. The van der Waals surface area contributed by atoms with Gasteiger partial charge in [0.05, 0.1) is 6.04 Å². The minimum Gasteiger partial charge on any atom is -0.338 e. The maximum Gasteiger partial charge on any atom is 0.318 e. The number of rotatable bonds is 3. The van der Waals surface area contributed by atoms with Crippen molar-refractivity contribution < 1.29 is 4.79 Å². The molecule has 7 nitrogen and oxygen atoms in total. The van der Waals surface area contributed by atoms with E-state index in [1.54, 1.807) is 0 Å². The Labute approximate surface area is 196 Å². The third-order valence-corrected chi connectivity index (χ3v) is 6.61. The molecule has 0 bridgehead atoms. The number of carbonyl (C=O) groups is 1. The lowest BCUT2D eigenvalue weighted by Gasteiger charge is -2.43. The highest BCUT2D eigenvalue weighted by Crippen LogP contribution is 2.27. The first kappa shape index (κ1) is 22.7. The summed E-state index contributed by atoms with van der Waals surface area (Å²) in [7, 11) is 0. The second-order valence-electron chi connectivity index (χ2n) is 8.83. The van der Waals surface area contributed by atoms with Crippen LogP contribution in [-0.2, 0) is 0 Å². The fourth-order valence-electron chi connectivity index (χ4n) is 4.74. The normalized spacial score (nSPS) is 19.6. The number of piperazine rings is 1. The van der Waals surface area contributed by atoms with Gasteiger partial charge < -0.3 is 20.4 Å². The zero-order chi connectivity index (χ0) is 23.0. The molecule has 7 heteroatoms. The number of carbonyl (C=O) groups excluding carboxylic acids is 1. The third-order valence-electron chi connectivity index (χ3n) is 6.61. The molecule has 1 atom stereocenters. The third kappa shape index (κ3) is 5.64. The SMILES string of the molecule is Cc1ccccc1N/C(=N/C#N)N1CCN(C(=O)NC2CCCCC2)C(c2ccccc2)C1. The van der Waals surface area contributed by atoms with Crippen molar-refractivity contribution in [1.29, 1.82) is 5.26 Å². The Morgan fingerprint density at radius 1 is 1.03 bits per heavy atom. The Kier molecular flexibility index (Phi) is 7.46. The number of benzene rings is 2. The quantitative estimate of drug-likeness (QED) is 0.410. The molecule has 1 aliphatic carbocycles. The molecule has 1 heterocycles. The van der Waals surface area contributed by atoms with Crippen molar-refractivity contribution in [3.8, 4) is 6.19 Å². The molecule has 2 aromatic rings. The summed E-state index contributed by atoms with van der Waals surface area (Å²) in [5.74, 6) is 0.514. The minimum absolute atomic E-state index is 0.000961. The van der Waals surface area contributed by atoms with Gasteiger partial charge in [0, 0.05) is 31.4 Å². The van der Waals surface area contributed by atoms with Crippen LogP contribution < -0.4 is 10.6 Å². The lowest BCUT2D eigenvalue weighted by molar-refractivity contribution is 0.123. The van der Waals surface area contributed by atoms with E-state index in [0.29, 0.717) is 25.6 Å². The lowest BCUT2D eigenvalue weighted by atomic mass is 9.95. The first-order valence-electron chi connectivity index (χ1n) is 11.8. The largest absolute Gasteiger partial charge is 0.338 e. The predicted octanol–water partition coefficient (Wildman–Crippen LogP) is 4.65. The van der Waals surface area contributed by atoms with Gasteiger partial charge in [-0.2, -0.15) is 5.26 Å². The molecular formula is C26H32N6O. The molecule has 1 saturated carbocycles. The summed E-state index contributed by atoms with van der Waals surface area (Å²) in [6, 6.07) is 18.2. The fraction of sp³-hybridized carbons (Fsp3) is 0.423. The smallest absolute Gasteiger partial charge is 0.318 e. The Hall–Kier alpha value is -3.53. The molecule has 2 aliphatic rings. The second-order valence-corrected chi connectivity index (χ2v) is 8.83. The molecule has 2 aromatic carbocycles. The van der Waals surface area contributed by atoms with Crippen LogP contribution in [0.3, 0.4) is 0 Å². The summed E-state index contributed by atoms with van der Waals surface area (Å²) in [5, 5.41) is 16.0. The summed E-state index contributed by atoms with van der Waals surface area (Å²) in [4.78, 5) is 21.4. The Balaban J connectivity index is 1.54. The number of anilines is 1. The van der Waals surface area contributed by atoms with Gasteiger partial charge in [0.25, 0.3) is 0 Å². The van der Waals surface area contributed by atoms with Gasteiger partial charge in [0.15, 0.2) is 0 Å². The van der Waals surface area contributed by atoms with E-state index < -0.39 is 0 Å². The van der Waals surface area contributed by atoms with Crippen LogP contribution in [0.15, 0.2) is 59.6 Å². The van der Waals surface area contributed by atoms with Crippen molar-refractivity contribution >= 4 is 17.7 Å². The molecule has 0 aromatic heterocycles. The van der Waals surface area contributed by atoms with Crippen molar-refractivity contribution in [2.75, 3.05) is 25.0 Å². The number of aryl methyl sites for hydroxylation is 1. The van der Waals surface area contributed by atoms with Crippen LogP contribution in [0.5, 0.6) is 0 Å². The zero-order valence-electron chi connectivity index (χ0n) is 19.2. The number of aliphatic imine (C=N–C) groups is 1. The number of hydrogen-bond acceptors (Lipinski definition) is 3. The highest BCUT2D eigenvalue weighted by atomic mass is 16.2. The van der Waals surface area contributed by atoms with E-state index >= 15 is 0 Å². The summed E-state index contributed by atoms with van der Waals surface area (Å²) in [6.07, 6.45) is 7.67. The Morgan fingerprint density at radius 3 is 2.48 bits per heavy atom. The number of hydrogen-bond donors (Lipinski definition) is 2. The maximum atomic E-state index is 13.3. The monoisotopic (exact) mass is 444 g/mol. The molecule has 1 aliphatic heterocycles. The van der Waals surface area contributed by atoms with E-state index in [1.807, 2.05) is 60.5 Å². The molecule has 4 rings (SSSR count). The van der Waals surface area contributed by atoms with Crippen LogP contribution in [0.2, 0.25) is 0 Å². The first-order chi connectivity index (χ1) is 16.2. The van der Waals surface area contributed by atoms with Crippen LogP contribution in [0.25, 0.3) is 0 Å². The molecule has 2 fully saturated rings. The van der Waals surface area contributed by atoms with E-state index in [9.17, 15) is 10.1 Å². The standard InChI is InChI=1S/C26H32N6O/c1-20-10-8-9-15-23(20)30-25(28-19-27)31-16-17-32(24(18-31)21-11-4-2-5-12-21)26(33)29-22-13-6-3-7-14-22/h2,4-5,8-12,15,22,24H,3,6-7,13-14,16-18H2,1H3,(H,28,30)(H,29,33). The van der Waals surface area contributed by atoms with E-state index in [2.05, 4.69) is 32.7 Å². The highest BCUT2D eigenvalue weighted by Gasteiger charge is 2.34. The molecule has 2 N–H and O–H groups in total. The van der Waals surface area contributed by atoms with Gasteiger partial charge >= 0.3 is 6.03 Å². The molecule has 172 valence electrons. The first-order valence-corrected chi connectivity index (χ1v) is 11.8. The molecular weight excluding hydrogens is 412 g/mol. The van der Waals surface area contributed by atoms with Crippen molar-refractivity contribution in [1.82, 2.24) is 15.1 Å². The molecule has 0 spiro atoms. The number of nitrogens with one attached hydrogen (secondary N) is 2. The average molecular weight is 445 g/mol. The minimum atomic E-state index is -0.133. The predicted molar refractivity (Wildman–Crippen MR) is 131 cm³/mol. The maximum absolute atomic E-state index is 13.3. The van der Waals surface area contributed by atoms with Crippen LogP contribution >= 0.6 is 0 Å². The van der Waals surface area contributed by atoms with Crippen molar-refractivity contribution in [2.24, 2.45) is 4.99 Å². The van der Waals surface area contributed by atoms with Gasteiger partial charge in [-0.15, -0.1) is 4.99 Å². The summed E-state index contributed by atoms with van der Waals surface area (Å²) >= 11 is 0. The van der Waals surface area contributed by atoms with Gasteiger partial charge in [0.1, 0.15) is 0 Å². The van der Waals surface area contributed by atoms with Gasteiger partial charge in [-0.05, 0) is 37.0 Å². The summed E-state index contributed by atoms with van der Waals surface area (Å²) in [6.45, 7) is 3.73. The average Bonchev–Trinajstić information content (AvgIpc) is 2.86. The number of urea groups is 1. The zero-order valence-corrected chi connectivity index (χ0v) is 19.2. The molecule has 1 unspecified atom stereocenters.